The topological polar surface area (TPSA) is 75.2 Å². The van der Waals surface area contributed by atoms with Crippen LogP contribution in [0.4, 0.5) is 5.69 Å². The zero-order valence-corrected chi connectivity index (χ0v) is 12.3. The normalized spacial score (nSPS) is 26.4. The van der Waals surface area contributed by atoms with Crippen molar-refractivity contribution >= 4 is 28.6 Å². The van der Waals surface area contributed by atoms with Crippen molar-refractivity contribution in [3.63, 3.8) is 0 Å². The van der Waals surface area contributed by atoms with Crippen molar-refractivity contribution in [2.75, 3.05) is 25.7 Å². The van der Waals surface area contributed by atoms with E-state index in [1.54, 1.807) is 37.5 Å². The van der Waals surface area contributed by atoms with Gasteiger partial charge in [-0.15, -0.1) is 0 Å². The van der Waals surface area contributed by atoms with Crippen LogP contribution < -0.4 is 5.73 Å². The summed E-state index contributed by atoms with van der Waals surface area (Å²) >= 11 is 1.81. The lowest BCUT2D eigenvalue weighted by atomic mass is 10.2. The lowest BCUT2D eigenvalue weighted by Gasteiger charge is -2.15. The van der Waals surface area contributed by atoms with Crippen LogP contribution in [0.2, 0.25) is 0 Å². The zero-order chi connectivity index (χ0) is 14.1. The second-order valence-electron chi connectivity index (χ2n) is 4.82. The maximum Gasteiger partial charge on any atom is 0.164 e. The highest BCUT2D eigenvalue weighted by Gasteiger charge is 2.36. The average molecular weight is 294 g/mol. The van der Waals surface area contributed by atoms with Crippen LogP contribution in [0.25, 0.3) is 11.2 Å². The zero-order valence-electron chi connectivity index (χ0n) is 11.5. The molecule has 3 heterocycles. The molecule has 3 atom stereocenters. The molecule has 1 aliphatic heterocycles. The minimum atomic E-state index is -0.0631. The molecule has 6 nitrogen and oxygen atoms in total. The van der Waals surface area contributed by atoms with Crippen LogP contribution >= 0.6 is 11.8 Å². The summed E-state index contributed by atoms with van der Waals surface area (Å²) in [5.74, 6) is 0. The smallest absolute Gasteiger partial charge is 0.164 e. The van der Waals surface area contributed by atoms with Crippen LogP contribution in [0.3, 0.4) is 0 Å². The Hall–Kier alpha value is -1.31. The molecule has 0 aromatic carbocycles. The van der Waals surface area contributed by atoms with E-state index < -0.39 is 0 Å². The molecule has 2 aromatic rings. The van der Waals surface area contributed by atoms with Gasteiger partial charge in [0.15, 0.2) is 5.65 Å². The second kappa shape index (κ2) is 5.59. The predicted octanol–water partition coefficient (Wildman–Crippen LogP) is 1.68. The number of rotatable bonds is 4. The number of nitrogens with zero attached hydrogens (tertiary/aromatic N) is 3. The van der Waals surface area contributed by atoms with Crippen LogP contribution in [0.1, 0.15) is 12.6 Å². The van der Waals surface area contributed by atoms with E-state index in [-0.39, 0.29) is 12.3 Å². The van der Waals surface area contributed by atoms with Gasteiger partial charge in [0.05, 0.1) is 24.7 Å². The molecule has 1 unspecified atom stereocenters. The molecule has 0 radical (unpaired) electrons. The van der Waals surface area contributed by atoms with E-state index in [4.69, 9.17) is 15.2 Å². The van der Waals surface area contributed by atoms with Crippen LogP contribution in [-0.2, 0) is 9.47 Å². The van der Waals surface area contributed by atoms with E-state index in [1.165, 1.54) is 0 Å². The van der Waals surface area contributed by atoms with Crippen LogP contribution in [-0.4, -0.2) is 45.9 Å². The summed E-state index contributed by atoms with van der Waals surface area (Å²) in [6.45, 7) is 0.601. The number of fused-ring (bicyclic) bond motifs is 1. The molecule has 3 rings (SSSR count). The van der Waals surface area contributed by atoms with Crippen molar-refractivity contribution in [2.45, 2.75) is 24.0 Å². The third-order valence-corrected chi connectivity index (χ3v) is 4.72. The molecule has 2 N–H and O–H groups in total. The van der Waals surface area contributed by atoms with Gasteiger partial charge in [0.25, 0.3) is 0 Å². The molecule has 0 saturated carbocycles. The summed E-state index contributed by atoms with van der Waals surface area (Å²) in [5, 5.41) is 0.415. The maximum atomic E-state index is 6.09. The van der Waals surface area contributed by atoms with E-state index in [0.29, 0.717) is 17.5 Å². The van der Waals surface area contributed by atoms with Crippen molar-refractivity contribution < 1.29 is 9.47 Å². The second-order valence-corrected chi connectivity index (χ2v) is 5.90. The van der Waals surface area contributed by atoms with Gasteiger partial charge in [-0.2, -0.15) is 11.8 Å². The van der Waals surface area contributed by atoms with Crippen LogP contribution in [0.5, 0.6) is 0 Å². The van der Waals surface area contributed by atoms with Crippen molar-refractivity contribution in [3.8, 4) is 0 Å². The lowest BCUT2D eigenvalue weighted by molar-refractivity contribution is -0.0291. The summed E-state index contributed by atoms with van der Waals surface area (Å²) in [5.41, 5.74) is 8.06. The van der Waals surface area contributed by atoms with Crippen molar-refractivity contribution in [3.05, 3.63) is 18.6 Å². The quantitative estimate of drug-likeness (QED) is 0.924. The van der Waals surface area contributed by atoms with Gasteiger partial charge in [0.2, 0.25) is 0 Å². The first-order valence-corrected chi connectivity index (χ1v) is 7.77. The summed E-state index contributed by atoms with van der Waals surface area (Å²) in [6, 6.07) is 1.76. The van der Waals surface area contributed by atoms with Gasteiger partial charge in [0, 0.05) is 25.0 Å². The molecule has 20 heavy (non-hydrogen) atoms. The Morgan fingerprint density at radius 2 is 2.40 bits per heavy atom. The highest BCUT2D eigenvalue weighted by atomic mass is 32.2. The summed E-state index contributed by atoms with van der Waals surface area (Å²) in [4.78, 5) is 8.71. The Morgan fingerprint density at radius 1 is 1.55 bits per heavy atom. The molecule has 7 heteroatoms. The first kappa shape index (κ1) is 13.7. The summed E-state index contributed by atoms with van der Waals surface area (Å²) in [7, 11) is 1.70. The van der Waals surface area contributed by atoms with E-state index >= 15 is 0 Å². The molecule has 0 spiro atoms. The highest BCUT2D eigenvalue weighted by Crippen LogP contribution is 2.36. The maximum absolute atomic E-state index is 6.09. The Bertz CT molecular complexity index is 603. The fraction of sp³-hybridized carbons (Fsp3) is 0.538. The van der Waals surface area contributed by atoms with Crippen molar-refractivity contribution in [1.82, 2.24) is 14.5 Å². The average Bonchev–Trinajstić information content (AvgIpc) is 3.03. The van der Waals surface area contributed by atoms with Gasteiger partial charge in [-0.25, -0.2) is 9.97 Å². The molecule has 1 saturated heterocycles. The monoisotopic (exact) mass is 294 g/mol. The standard InChI is InChI=1S/C13H18N4O2S/c1-18-6-9-10(20-2)5-11(19-9)17-7-16-12-8(14)3-4-15-13(12)17/h3-4,7,9-11H,5-6H2,1-2H3,(H2,14,15)/t9-,10?,11-/m1/s1. The van der Waals surface area contributed by atoms with Crippen molar-refractivity contribution in [1.29, 1.82) is 0 Å². The number of anilines is 1. The Balaban J connectivity index is 1.90. The molecular weight excluding hydrogens is 276 g/mol. The Morgan fingerprint density at radius 3 is 3.15 bits per heavy atom. The number of nitrogens with two attached hydrogens (primary N) is 1. The molecule has 0 amide bonds. The van der Waals surface area contributed by atoms with Gasteiger partial charge >= 0.3 is 0 Å². The summed E-state index contributed by atoms with van der Waals surface area (Å²) in [6.07, 6.45) is 6.50. The fourth-order valence-electron chi connectivity index (χ4n) is 2.60. The van der Waals surface area contributed by atoms with Crippen LogP contribution in [0, 0.1) is 0 Å². The first-order chi connectivity index (χ1) is 9.74. The van der Waals surface area contributed by atoms with E-state index in [0.717, 1.165) is 17.6 Å². The highest BCUT2D eigenvalue weighted by molar-refractivity contribution is 7.99. The molecular formula is C13H18N4O2S. The number of ether oxygens (including phenoxy) is 2. The largest absolute Gasteiger partial charge is 0.397 e. The van der Waals surface area contributed by atoms with E-state index in [9.17, 15) is 0 Å². The number of methoxy groups -OCH3 is 1. The Kier molecular flexibility index (Phi) is 3.82. The SMILES string of the molecule is COC[C@H]1O[C@@H](n2cnc3c(N)ccnc32)CC1SC. The molecule has 2 aromatic heterocycles. The number of pyridine rings is 1. The van der Waals surface area contributed by atoms with Crippen molar-refractivity contribution in [2.24, 2.45) is 0 Å². The fourth-order valence-corrected chi connectivity index (χ4v) is 3.40. The number of hydrogen-bond acceptors (Lipinski definition) is 6. The molecule has 0 bridgehead atoms. The lowest BCUT2D eigenvalue weighted by Crippen LogP contribution is -2.23. The van der Waals surface area contributed by atoms with Gasteiger partial charge < -0.3 is 15.2 Å². The third kappa shape index (κ3) is 2.25. The van der Waals surface area contributed by atoms with Gasteiger partial charge in [0.1, 0.15) is 11.7 Å². The third-order valence-electron chi connectivity index (χ3n) is 3.62. The molecule has 1 aliphatic rings. The van der Waals surface area contributed by atoms with Crippen LogP contribution in [0.15, 0.2) is 18.6 Å². The van der Waals surface area contributed by atoms with Gasteiger partial charge in [-0.05, 0) is 12.3 Å². The van der Waals surface area contributed by atoms with Gasteiger partial charge in [-0.1, -0.05) is 0 Å². The number of nitrogen functional groups attached to an aromatic ring is 1. The number of hydrogen-bond donors (Lipinski definition) is 1. The molecule has 0 aliphatic carbocycles. The minimum Gasteiger partial charge on any atom is -0.397 e. The number of aromatic nitrogens is 3. The van der Waals surface area contributed by atoms with Gasteiger partial charge in [-0.3, -0.25) is 4.57 Å². The predicted molar refractivity (Wildman–Crippen MR) is 79.6 cm³/mol. The van der Waals surface area contributed by atoms with E-state index in [2.05, 4.69) is 16.2 Å². The Labute approximate surface area is 121 Å². The van der Waals surface area contributed by atoms with E-state index in [1.807, 2.05) is 4.57 Å². The number of thioether (sulfide) groups is 1. The molecule has 1 fully saturated rings. The summed E-state index contributed by atoms with van der Waals surface area (Å²) < 4.78 is 13.3. The first-order valence-electron chi connectivity index (χ1n) is 6.48. The molecule has 108 valence electrons. The number of imidazole rings is 1. The minimum absolute atomic E-state index is 0.0631.